The fourth-order valence-corrected chi connectivity index (χ4v) is 1.77. The summed E-state index contributed by atoms with van der Waals surface area (Å²) in [5.74, 6) is -0.510. The Kier molecular flexibility index (Phi) is 5.26. The molecule has 7 heteroatoms. The fourth-order valence-electron chi connectivity index (χ4n) is 1.77. The number of amides is 2. The van der Waals surface area contributed by atoms with Gasteiger partial charge < -0.3 is 10.5 Å². The van der Waals surface area contributed by atoms with Crippen LogP contribution in [0.4, 0.5) is 13.6 Å². The van der Waals surface area contributed by atoms with Crippen molar-refractivity contribution in [2.45, 2.75) is 6.42 Å². The van der Waals surface area contributed by atoms with Crippen molar-refractivity contribution in [3.8, 4) is 11.5 Å². The van der Waals surface area contributed by atoms with Crippen LogP contribution in [0.5, 0.6) is 11.5 Å². The molecule has 116 valence electrons. The molecule has 0 aromatic heterocycles. The van der Waals surface area contributed by atoms with Gasteiger partial charge in [0.15, 0.2) is 11.6 Å². The van der Waals surface area contributed by atoms with Gasteiger partial charge in [-0.25, -0.2) is 19.0 Å². The average molecular weight is 307 g/mol. The van der Waals surface area contributed by atoms with Crippen molar-refractivity contribution in [3.63, 3.8) is 0 Å². The van der Waals surface area contributed by atoms with E-state index in [9.17, 15) is 13.6 Å². The number of hydrogen-bond acceptors (Lipinski definition) is 3. The van der Waals surface area contributed by atoms with E-state index in [1.165, 1.54) is 36.4 Å². The van der Waals surface area contributed by atoms with Gasteiger partial charge in [0.25, 0.3) is 0 Å². The molecule has 2 aromatic carbocycles. The molecule has 0 fully saturated rings. The van der Waals surface area contributed by atoms with Crippen molar-refractivity contribution in [2.75, 3.05) is 6.54 Å². The maximum atomic E-state index is 13.9. The first kappa shape index (κ1) is 15.7. The van der Waals surface area contributed by atoms with Crippen LogP contribution in [0.15, 0.2) is 42.5 Å². The van der Waals surface area contributed by atoms with Gasteiger partial charge in [-0.15, -0.1) is 0 Å². The Hall–Kier alpha value is -2.67. The molecule has 0 aliphatic carbocycles. The number of nitrogens with two attached hydrogens (primary N) is 1. The van der Waals surface area contributed by atoms with Gasteiger partial charge in [-0.05, 0) is 48.4 Å². The highest BCUT2D eigenvalue weighted by Crippen LogP contribution is 2.25. The number of rotatable bonds is 6. The molecule has 0 saturated carbocycles. The van der Waals surface area contributed by atoms with Crippen molar-refractivity contribution >= 4 is 6.03 Å². The zero-order chi connectivity index (χ0) is 15.9. The number of halogens is 2. The molecule has 5 nitrogen and oxygen atoms in total. The summed E-state index contributed by atoms with van der Waals surface area (Å²) in [5.41, 5.74) is 10.4. The van der Waals surface area contributed by atoms with Crippen LogP contribution in [0, 0.1) is 11.6 Å². The number of urea groups is 1. The van der Waals surface area contributed by atoms with Crippen molar-refractivity contribution in [1.29, 1.82) is 0 Å². The molecular weight excluding hydrogens is 292 g/mol. The zero-order valence-electron chi connectivity index (χ0n) is 11.6. The van der Waals surface area contributed by atoms with Crippen LogP contribution in [0.25, 0.3) is 0 Å². The van der Waals surface area contributed by atoms with E-state index in [-0.39, 0.29) is 11.6 Å². The molecule has 2 amide bonds. The Morgan fingerprint density at radius 3 is 2.50 bits per heavy atom. The summed E-state index contributed by atoms with van der Waals surface area (Å²) in [6.45, 7) is 0.403. The third-order valence-corrected chi connectivity index (χ3v) is 2.79. The van der Waals surface area contributed by atoms with Crippen LogP contribution in [0.3, 0.4) is 0 Å². The maximum absolute atomic E-state index is 13.9. The maximum Gasteiger partial charge on any atom is 0.326 e. The second-order valence-electron chi connectivity index (χ2n) is 4.49. The van der Waals surface area contributed by atoms with Crippen molar-refractivity contribution < 1.29 is 18.3 Å². The van der Waals surface area contributed by atoms with E-state index in [1.54, 1.807) is 6.07 Å². The highest BCUT2D eigenvalue weighted by molar-refractivity contribution is 5.70. The zero-order valence-corrected chi connectivity index (χ0v) is 11.6. The fraction of sp³-hybridized carbons (Fsp3) is 0.133. The Labute approximate surface area is 126 Å². The molecule has 0 spiro atoms. The molecule has 0 atom stereocenters. The highest BCUT2D eigenvalue weighted by atomic mass is 19.1. The summed E-state index contributed by atoms with van der Waals surface area (Å²) in [7, 11) is 0. The third-order valence-electron chi connectivity index (χ3n) is 2.79. The molecule has 4 N–H and O–H groups in total. The Balaban J connectivity index is 1.94. The standard InChI is InChI=1S/C15H15F2N3O2/c16-11-2-4-12(5-3-11)22-14-6-1-10(9-13(14)17)7-8-19-20-15(18)21/h1-6,9,19H,7-8H2,(H3,18,20,21). The topological polar surface area (TPSA) is 76.4 Å². The van der Waals surface area contributed by atoms with Gasteiger partial charge in [-0.1, -0.05) is 6.07 Å². The predicted molar refractivity (Wildman–Crippen MR) is 77.3 cm³/mol. The lowest BCUT2D eigenvalue weighted by Crippen LogP contribution is -2.41. The Bertz CT molecular complexity index is 648. The minimum atomic E-state index is -0.686. The van der Waals surface area contributed by atoms with Crippen LogP contribution < -0.4 is 21.3 Å². The molecular formula is C15H15F2N3O2. The normalized spacial score (nSPS) is 10.3. The summed E-state index contributed by atoms with van der Waals surface area (Å²) in [5, 5.41) is 0. The number of hydrogen-bond donors (Lipinski definition) is 3. The number of carbonyl (C=O) groups excluding carboxylic acids is 1. The number of hydrazine groups is 1. The molecule has 0 bridgehead atoms. The summed E-state index contributed by atoms with van der Waals surface area (Å²) in [6, 6.07) is 9.16. The van der Waals surface area contributed by atoms with Crippen LogP contribution in [0.1, 0.15) is 5.56 Å². The lowest BCUT2D eigenvalue weighted by Gasteiger charge is -2.09. The van der Waals surface area contributed by atoms with Gasteiger partial charge in [0.2, 0.25) is 0 Å². The summed E-state index contributed by atoms with van der Waals surface area (Å²) in [6.07, 6.45) is 0.494. The monoisotopic (exact) mass is 307 g/mol. The Morgan fingerprint density at radius 2 is 1.86 bits per heavy atom. The van der Waals surface area contributed by atoms with Gasteiger partial charge in [0.05, 0.1) is 0 Å². The van der Waals surface area contributed by atoms with Crippen molar-refractivity contribution in [2.24, 2.45) is 5.73 Å². The predicted octanol–water partition coefficient (Wildman–Crippen LogP) is 2.47. The van der Waals surface area contributed by atoms with Crippen molar-refractivity contribution in [3.05, 3.63) is 59.7 Å². The van der Waals surface area contributed by atoms with Crippen LogP contribution in [-0.2, 0) is 6.42 Å². The molecule has 0 radical (unpaired) electrons. The molecule has 22 heavy (non-hydrogen) atoms. The number of carbonyl (C=O) groups is 1. The highest BCUT2D eigenvalue weighted by Gasteiger charge is 2.06. The van der Waals surface area contributed by atoms with Crippen LogP contribution in [0.2, 0.25) is 0 Å². The molecule has 0 aliphatic heterocycles. The molecule has 0 aliphatic rings. The van der Waals surface area contributed by atoms with Crippen LogP contribution >= 0.6 is 0 Å². The van der Waals surface area contributed by atoms with E-state index < -0.39 is 11.8 Å². The quantitative estimate of drug-likeness (QED) is 0.567. The van der Waals surface area contributed by atoms with E-state index in [0.29, 0.717) is 18.7 Å². The lowest BCUT2D eigenvalue weighted by molar-refractivity contribution is 0.245. The number of nitrogens with one attached hydrogen (secondary N) is 2. The van der Waals surface area contributed by atoms with E-state index in [2.05, 4.69) is 10.9 Å². The van der Waals surface area contributed by atoms with Crippen molar-refractivity contribution in [1.82, 2.24) is 10.9 Å². The SMILES string of the molecule is NC(=O)NNCCc1ccc(Oc2ccc(F)cc2)c(F)c1. The second kappa shape index (κ2) is 7.37. The number of benzene rings is 2. The van der Waals surface area contributed by atoms with Crippen LogP contribution in [-0.4, -0.2) is 12.6 Å². The lowest BCUT2D eigenvalue weighted by atomic mass is 10.1. The van der Waals surface area contributed by atoms with Gasteiger partial charge in [-0.2, -0.15) is 0 Å². The number of ether oxygens (including phenoxy) is 1. The van der Waals surface area contributed by atoms with E-state index in [4.69, 9.17) is 10.5 Å². The van der Waals surface area contributed by atoms with Gasteiger partial charge in [0.1, 0.15) is 11.6 Å². The van der Waals surface area contributed by atoms with Gasteiger partial charge in [0, 0.05) is 6.54 Å². The van der Waals surface area contributed by atoms with E-state index >= 15 is 0 Å². The molecule has 0 unspecified atom stereocenters. The average Bonchev–Trinajstić information content (AvgIpc) is 2.48. The first-order valence-corrected chi connectivity index (χ1v) is 6.55. The van der Waals surface area contributed by atoms with Gasteiger partial charge in [-0.3, -0.25) is 5.43 Å². The molecule has 2 aromatic rings. The summed E-state index contributed by atoms with van der Waals surface area (Å²) >= 11 is 0. The number of primary amides is 1. The first-order valence-electron chi connectivity index (χ1n) is 6.55. The first-order chi connectivity index (χ1) is 10.5. The second-order valence-corrected chi connectivity index (χ2v) is 4.49. The third kappa shape index (κ3) is 4.71. The Morgan fingerprint density at radius 1 is 1.14 bits per heavy atom. The molecule has 0 heterocycles. The smallest absolute Gasteiger partial charge is 0.326 e. The summed E-state index contributed by atoms with van der Waals surface area (Å²) < 4.78 is 32.1. The minimum absolute atomic E-state index is 0.0542. The van der Waals surface area contributed by atoms with E-state index in [0.717, 1.165) is 5.56 Å². The molecule has 2 rings (SSSR count). The van der Waals surface area contributed by atoms with Gasteiger partial charge >= 0.3 is 6.03 Å². The minimum Gasteiger partial charge on any atom is -0.454 e. The molecule has 0 saturated heterocycles. The summed E-state index contributed by atoms with van der Waals surface area (Å²) in [4.78, 5) is 10.5. The van der Waals surface area contributed by atoms with E-state index in [1.807, 2.05) is 0 Å². The largest absolute Gasteiger partial charge is 0.454 e.